The number of benzene rings is 1. The molecule has 1 aromatic rings. The molecule has 0 aliphatic heterocycles. The van der Waals surface area contributed by atoms with Crippen molar-refractivity contribution in [2.24, 2.45) is 0 Å². The van der Waals surface area contributed by atoms with Crippen LogP contribution in [0.25, 0.3) is 0 Å². The molecule has 0 saturated heterocycles. The zero-order chi connectivity index (χ0) is 6.69. The van der Waals surface area contributed by atoms with Crippen molar-refractivity contribution >= 4 is 13.9 Å². The van der Waals surface area contributed by atoms with Gasteiger partial charge in [0.2, 0.25) is 0 Å². The molecular weight excluding hydrogens is 128 g/mol. The zero-order valence-electron chi connectivity index (χ0n) is 5.29. The summed E-state index contributed by atoms with van der Waals surface area (Å²) < 4.78 is 10.8. The van der Waals surface area contributed by atoms with E-state index in [0.717, 1.165) is 5.19 Å². The Hall–Kier alpha value is -0.763. The zero-order valence-corrected chi connectivity index (χ0v) is 6.29. The van der Waals surface area contributed by atoms with E-state index in [-0.39, 0.29) is 0 Å². The van der Waals surface area contributed by atoms with Crippen LogP contribution < -0.4 is 5.19 Å². The minimum Gasteiger partial charge on any atom is -0.383 e. The molecule has 0 bridgehead atoms. The Bertz CT molecular complexity index is 205. The maximum Gasteiger partial charge on any atom is 0.308 e. The van der Waals surface area contributed by atoms with Crippen LogP contribution >= 0.6 is 0 Å². The Labute approximate surface area is 56.0 Å². The molecular formula is C7H8OSi. The largest absolute Gasteiger partial charge is 0.383 e. The molecule has 0 aliphatic carbocycles. The minimum atomic E-state index is -1.46. The predicted molar refractivity (Wildman–Crippen MR) is 38.4 cm³/mol. The van der Waals surface area contributed by atoms with E-state index in [9.17, 15) is 4.46 Å². The summed E-state index contributed by atoms with van der Waals surface area (Å²) in [6.45, 7) is 1.75. The molecule has 1 rings (SSSR count). The van der Waals surface area contributed by atoms with Gasteiger partial charge in [-0.3, -0.25) is 0 Å². The molecule has 0 N–H and O–H groups in total. The van der Waals surface area contributed by atoms with Crippen LogP contribution in [0.2, 0.25) is 6.55 Å². The van der Waals surface area contributed by atoms with Gasteiger partial charge in [-0.2, -0.15) is 0 Å². The molecule has 0 heterocycles. The highest BCUT2D eigenvalue weighted by Gasteiger charge is 1.96. The number of rotatable bonds is 1. The summed E-state index contributed by atoms with van der Waals surface area (Å²) >= 11 is 0. The van der Waals surface area contributed by atoms with Crippen LogP contribution in [0.15, 0.2) is 30.3 Å². The summed E-state index contributed by atoms with van der Waals surface area (Å²) in [5.74, 6) is 0. The fraction of sp³-hybridized carbons (Fsp3) is 0.143. The quantitative estimate of drug-likeness (QED) is 0.525. The maximum atomic E-state index is 10.8. The van der Waals surface area contributed by atoms with Gasteiger partial charge in [0.1, 0.15) is 0 Å². The van der Waals surface area contributed by atoms with Crippen molar-refractivity contribution in [3.63, 3.8) is 0 Å². The number of hydrogen-bond donors (Lipinski definition) is 0. The van der Waals surface area contributed by atoms with Crippen molar-refractivity contribution in [3.05, 3.63) is 30.3 Å². The molecule has 9 heavy (non-hydrogen) atoms. The molecule has 0 spiro atoms. The Morgan fingerprint density at radius 2 is 1.78 bits per heavy atom. The van der Waals surface area contributed by atoms with Gasteiger partial charge < -0.3 is 4.46 Å². The first-order valence-electron chi connectivity index (χ1n) is 2.86. The summed E-state index contributed by atoms with van der Waals surface area (Å²) in [6.07, 6.45) is 0. The lowest BCUT2D eigenvalue weighted by atomic mass is 10.4. The molecule has 0 aromatic heterocycles. The highest BCUT2D eigenvalue weighted by atomic mass is 28.3. The second-order valence-electron chi connectivity index (χ2n) is 1.92. The van der Waals surface area contributed by atoms with Gasteiger partial charge in [0.25, 0.3) is 0 Å². The van der Waals surface area contributed by atoms with E-state index >= 15 is 0 Å². The lowest BCUT2D eigenvalue weighted by Gasteiger charge is -1.87. The van der Waals surface area contributed by atoms with E-state index in [0.29, 0.717) is 0 Å². The first-order chi connectivity index (χ1) is 4.30. The molecule has 0 unspecified atom stereocenters. The summed E-state index contributed by atoms with van der Waals surface area (Å²) in [4.78, 5) is 0. The molecule has 1 aromatic carbocycles. The van der Waals surface area contributed by atoms with Gasteiger partial charge >= 0.3 is 8.68 Å². The molecule has 0 saturated carbocycles. The molecule has 0 radical (unpaired) electrons. The third kappa shape index (κ3) is 1.57. The van der Waals surface area contributed by atoms with Crippen LogP contribution in [-0.4, -0.2) is 8.68 Å². The maximum absolute atomic E-state index is 10.8. The van der Waals surface area contributed by atoms with Gasteiger partial charge in [0, 0.05) is 0 Å². The third-order valence-corrected chi connectivity index (χ3v) is 2.33. The smallest absolute Gasteiger partial charge is 0.308 e. The van der Waals surface area contributed by atoms with Crippen LogP contribution in [0.5, 0.6) is 0 Å². The molecule has 0 atom stereocenters. The van der Waals surface area contributed by atoms with E-state index in [1.165, 1.54) is 0 Å². The summed E-state index contributed by atoms with van der Waals surface area (Å²) in [5.41, 5.74) is 0. The fourth-order valence-electron chi connectivity index (χ4n) is 0.673. The van der Waals surface area contributed by atoms with Gasteiger partial charge in [-0.25, -0.2) is 0 Å². The molecule has 2 heteroatoms. The highest BCUT2D eigenvalue weighted by molar-refractivity contribution is 6.58. The highest BCUT2D eigenvalue weighted by Crippen LogP contribution is 1.81. The lowest BCUT2D eigenvalue weighted by molar-refractivity contribution is 0.572. The van der Waals surface area contributed by atoms with Crippen molar-refractivity contribution in [3.8, 4) is 0 Å². The van der Waals surface area contributed by atoms with Gasteiger partial charge in [-0.15, -0.1) is 0 Å². The standard InChI is InChI=1S/C7H8OSi/c1-9(8)7-5-3-2-4-6-7/h2-6H,1H3. The Balaban J connectivity index is 2.98. The van der Waals surface area contributed by atoms with Crippen LogP contribution in [0.3, 0.4) is 0 Å². The van der Waals surface area contributed by atoms with E-state index in [4.69, 9.17) is 0 Å². The van der Waals surface area contributed by atoms with Crippen molar-refractivity contribution < 1.29 is 4.46 Å². The number of hydrogen-bond acceptors (Lipinski definition) is 1. The first-order valence-corrected chi connectivity index (χ1v) is 4.77. The third-order valence-electron chi connectivity index (χ3n) is 1.18. The summed E-state index contributed by atoms with van der Waals surface area (Å²) in [6, 6.07) is 9.51. The molecule has 0 amide bonds. The van der Waals surface area contributed by atoms with E-state index < -0.39 is 8.68 Å². The van der Waals surface area contributed by atoms with Crippen LogP contribution in [0.4, 0.5) is 0 Å². The van der Waals surface area contributed by atoms with E-state index in [2.05, 4.69) is 0 Å². The van der Waals surface area contributed by atoms with E-state index in [1.54, 1.807) is 6.55 Å². The fourth-order valence-corrected chi connectivity index (χ4v) is 1.33. The summed E-state index contributed by atoms with van der Waals surface area (Å²) in [5, 5.41) is 0.961. The average molecular weight is 136 g/mol. The van der Waals surface area contributed by atoms with Gasteiger partial charge in [-0.05, 0) is 11.7 Å². The first kappa shape index (κ1) is 6.36. The van der Waals surface area contributed by atoms with Crippen LogP contribution in [0, 0.1) is 0 Å². The average Bonchev–Trinajstić information content (AvgIpc) is 1.90. The molecule has 1 nitrogen and oxygen atoms in total. The van der Waals surface area contributed by atoms with Gasteiger partial charge in [-0.1, -0.05) is 30.3 Å². The van der Waals surface area contributed by atoms with Crippen molar-refractivity contribution in [1.82, 2.24) is 0 Å². The second kappa shape index (κ2) is 2.69. The minimum absolute atomic E-state index is 0.961. The predicted octanol–water partition coefficient (Wildman–Crippen LogP) is 0.945. The van der Waals surface area contributed by atoms with Gasteiger partial charge in [0.15, 0.2) is 0 Å². The monoisotopic (exact) mass is 136 g/mol. The van der Waals surface area contributed by atoms with Crippen molar-refractivity contribution in [2.75, 3.05) is 0 Å². The second-order valence-corrected chi connectivity index (χ2v) is 3.61. The van der Waals surface area contributed by atoms with Crippen molar-refractivity contribution in [1.29, 1.82) is 0 Å². The van der Waals surface area contributed by atoms with E-state index in [1.807, 2.05) is 30.3 Å². The van der Waals surface area contributed by atoms with Crippen molar-refractivity contribution in [2.45, 2.75) is 6.55 Å². The normalized spacial score (nSPS) is 9.00. The molecule has 0 fully saturated rings. The van der Waals surface area contributed by atoms with Gasteiger partial charge in [0.05, 0.1) is 0 Å². The van der Waals surface area contributed by atoms with Crippen LogP contribution in [0.1, 0.15) is 0 Å². The topological polar surface area (TPSA) is 17.1 Å². The summed E-state index contributed by atoms with van der Waals surface area (Å²) in [7, 11) is -1.46. The SMILES string of the molecule is C[Si](=O)c1ccccc1. The lowest BCUT2D eigenvalue weighted by Crippen LogP contribution is -2.15. The Morgan fingerprint density at radius 1 is 1.22 bits per heavy atom. The Kier molecular flexibility index (Phi) is 1.90. The Morgan fingerprint density at radius 3 is 2.11 bits per heavy atom. The molecule has 0 aliphatic rings. The van der Waals surface area contributed by atoms with Crippen LogP contribution in [-0.2, 0) is 4.46 Å². The molecule has 46 valence electrons.